The Kier molecular flexibility index (Phi) is 2.36. The molecule has 16 heavy (non-hydrogen) atoms. The van der Waals surface area contributed by atoms with Crippen LogP contribution in [0.3, 0.4) is 0 Å². The molecular formula is C13H17FN2. The van der Waals surface area contributed by atoms with Gasteiger partial charge >= 0.3 is 0 Å². The predicted molar refractivity (Wildman–Crippen MR) is 62.4 cm³/mol. The molecule has 3 rings (SSSR count). The second kappa shape index (κ2) is 3.74. The van der Waals surface area contributed by atoms with E-state index in [1.807, 2.05) is 12.1 Å². The number of hydrogen-bond donors (Lipinski definition) is 1. The zero-order chi connectivity index (χ0) is 11.1. The summed E-state index contributed by atoms with van der Waals surface area (Å²) in [6, 6.07) is 5.99. The van der Waals surface area contributed by atoms with Gasteiger partial charge in [-0.1, -0.05) is 12.1 Å². The third-order valence-corrected chi connectivity index (χ3v) is 4.00. The van der Waals surface area contributed by atoms with E-state index in [0.29, 0.717) is 6.04 Å². The van der Waals surface area contributed by atoms with Crippen LogP contribution >= 0.6 is 0 Å². The van der Waals surface area contributed by atoms with Gasteiger partial charge in [0.05, 0.1) is 5.69 Å². The first-order chi connectivity index (χ1) is 7.74. The number of benzene rings is 1. The van der Waals surface area contributed by atoms with E-state index < -0.39 is 0 Å². The van der Waals surface area contributed by atoms with E-state index in [4.69, 9.17) is 5.73 Å². The number of nitrogens with zero attached hydrogens (tertiary/aromatic N) is 1. The molecule has 1 aromatic rings. The summed E-state index contributed by atoms with van der Waals surface area (Å²) in [6.07, 6.45) is 3.96. The smallest absolute Gasteiger partial charge is 0.150 e. The fourth-order valence-electron chi connectivity index (χ4n) is 3.16. The first kappa shape index (κ1) is 10.1. The fraction of sp³-hybridized carbons (Fsp3) is 0.538. The van der Waals surface area contributed by atoms with Crippen molar-refractivity contribution >= 4 is 5.69 Å². The van der Waals surface area contributed by atoms with E-state index in [0.717, 1.165) is 24.6 Å². The topological polar surface area (TPSA) is 29.3 Å². The minimum absolute atomic E-state index is 0.231. The van der Waals surface area contributed by atoms with Crippen LogP contribution in [0.2, 0.25) is 0 Å². The molecule has 2 fully saturated rings. The molecule has 0 spiro atoms. The van der Waals surface area contributed by atoms with Crippen LogP contribution in [-0.2, 0) is 6.54 Å². The van der Waals surface area contributed by atoms with E-state index in [-0.39, 0.29) is 11.5 Å². The molecule has 0 radical (unpaired) electrons. The van der Waals surface area contributed by atoms with Crippen LogP contribution in [0.5, 0.6) is 0 Å². The number of halogens is 1. The highest BCUT2D eigenvalue weighted by Crippen LogP contribution is 2.38. The Morgan fingerprint density at radius 1 is 1.38 bits per heavy atom. The van der Waals surface area contributed by atoms with Crippen molar-refractivity contribution in [1.82, 2.24) is 4.90 Å². The van der Waals surface area contributed by atoms with Gasteiger partial charge < -0.3 is 5.73 Å². The Morgan fingerprint density at radius 2 is 2.25 bits per heavy atom. The Morgan fingerprint density at radius 3 is 2.94 bits per heavy atom. The van der Waals surface area contributed by atoms with E-state index >= 15 is 0 Å². The quantitative estimate of drug-likeness (QED) is 0.775. The van der Waals surface area contributed by atoms with Gasteiger partial charge in [-0.25, -0.2) is 4.39 Å². The molecule has 2 atom stereocenters. The predicted octanol–water partition coefficient (Wildman–Crippen LogP) is 2.39. The zero-order valence-corrected chi connectivity index (χ0v) is 9.32. The third kappa shape index (κ3) is 1.59. The zero-order valence-electron chi connectivity index (χ0n) is 9.32. The number of fused-ring (bicyclic) bond motifs is 2. The minimum atomic E-state index is -0.231. The molecule has 3 heteroatoms. The number of likely N-dealkylation sites (tertiary alicyclic amines) is 1. The summed E-state index contributed by atoms with van der Waals surface area (Å²) in [5.41, 5.74) is 6.59. The highest BCUT2D eigenvalue weighted by Gasteiger charge is 2.37. The first-order valence-corrected chi connectivity index (χ1v) is 6.01. The molecule has 2 bridgehead atoms. The molecule has 2 nitrogen and oxygen atoms in total. The molecule has 1 saturated heterocycles. The Bertz CT molecular complexity index is 405. The number of nitrogen functional groups attached to an aromatic ring is 1. The monoisotopic (exact) mass is 220 g/mol. The maximum Gasteiger partial charge on any atom is 0.150 e. The van der Waals surface area contributed by atoms with Crippen molar-refractivity contribution in [3.8, 4) is 0 Å². The molecular weight excluding hydrogens is 203 g/mol. The number of hydrogen-bond acceptors (Lipinski definition) is 2. The van der Waals surface area contributed by atoms with Crippen LogP contribution in [0.4, 0.5) is 10.1 Å². The van der Waals surface area contributed by atoms with E-state index in [2.05, 4.69) is 4.90 Å². The normalized spacial score (nSPS) is 28.8. The Labute approximate surface area is 95.2 Å². The van der Waals surface area contributed by atoms with Crippen molar-refractivity contribution in [2.75, 3.05) is 12.3 Å². The van der Waals surface area contributed by atoms with Gasteiger partial charge in [0.1, 0.15) is 0 Å². The van der Waals surface area contributed by atoms with Crippen LogP contribution in [-0.4, -0.2) is 17.5 Å². The summed E-state index contributed by atoms with van der Waals surface area (Å²) in [4.78, 5) is 2.41. The van der Waals surface area contributed by atoms with Crippen molar-refractivity contribution in [1.29, 1.82) is 0 Å². The van der Waals surface area contributed by atoms with Crippen molar-refractivity contribution in [3.05, 3.63) is 29.6 Å². The molecule has 1 aliphatic carbocycles. The van der Waals surface area contributed by atoms with Crippen molar-refractivity contribution in [3.63, 3.8) is 0 Å². The SMILES string of the molecule is Nc1cccc(CN2CC3CCC2C3)c1F. The number of rotatable bonds is 2. The first-order valence-electron chi connectivity index (χ1n) is 6.01. The van der Waals surface area contributed by atoms with E-state index in [9.17, 15) is 4.39 Å². The van der Waals surface area contributed by atoms with Gasteiger partial charge in [-0.3, -0.25) is 4.90 Å². The van der Waals surface area contributed by atoms with Gasteiger partial charge in [0, 0.05) is 24.7 Å². The van der Waals surface area contributed by atoms with Crippen molar-refractivity contribution in [2.45, 2.75) is 31.8 Å². The van der Waals surface area contributed by atoms with Crippen LogP contribution in [0.25, 0.3) is 0 Å². The third-order valence-electron chi connectivity index (χ3n) is 4.00. The lowest BCUT2D eigenvalue weighted by Crippen LogP contribution is -2.31. The van der Waals surface area contributed by atoms with Gasteiger partial charge in [0.25, 0.3) is 0 Å². The lowest BCUT2D eigenvalue weighted by atomic mass is 10.1. The molecule has 0 aromatic heterocycles. The van der Waals surface area contributed by atoms with Crippen molar-refractivity contribution < 1.29 is 4.39 Å². The van der Waals surface area contributed by atoms with Crippen molar-refractivity contribution in [2.24, 2.45) is 5.92 Å². The van der Waals surface area contributed by atoms with Crippen LogP contribution in [0, 0.1) is 11.7 Å². The van der Waals surface area contributed by atoms with Crippen LogP contribution in [0.15, 0.2) is 18.2 Å². The van der Waals surface area contributed by atoms with Gasteiger partial charge in [-0.05, 0) is 31.2 Å². The lowest BCUT2D eigenvalue weighted by Gasteiger charge is -2.26. The largest absolute Gasteiger partial charge is 0.396 e. The minimum Gasteiger partial charge on any atom is -0.396 e. The second-order valence-electron chi connectivity index (χ2n) is 5.08. The molecule has 0 amide bonds. The molecule has 86 valence electrons. The molecule has 1 heterocycles. The average molecular weight is 220 g/mol. The molecule has 1 aliphatic heterocycles. The summed E-state index contributed by atoms with van der Waals surface area (Å²) in [6.45, 7) is 1.86. The van der Waals surface area contributed by atoms with Gasteiger partial charge in [0.15, 0.2) is 5.82 Å². The van der Waals surface area contributed by atoms with Gasteiger partial charge in [-0.15, -0.1) is 0 Å². The summed E-state index contributed by atoms with van der Waals surface area (Å²) >= 11 is 0. The summed E-state index contributed by atoms with van der Waals surface area (Å²) in [5, 5.41) is 0. The second-order valence-corrected chi connectivity index (χ2v) is 5.08. The highest BCUT2D eigenvalue weighted by atomic mass is 19.1. The molecule has 1 aromatic carbocycles. The highest BCUT2D eigenvalue weighted by molar-refractivity contribution is 5.42. The van der Waals surface area contributed by atoms with Crippen LogP contribution in [0.1, 0.15) is 24.8 Å². The number of nitrogens with two attached hydrogens (primary N) is 1. The maximum absolute atomic E-state index is 13.7. The standard InChI is InChI=1S/C13H17FN2/c14-13-10(2-1-3-12(13)15)8-16-7-9-4-5-11(16)6-9/h1-3,9,11H,4-8,15H2. The molecule has 2 aliphatic rings. The summed E-state index contributed by atoms with van der Waals surface area (Å²) < 4.78 is 13.7. The van der Waals surface area contributed by atoms with E-state index in [1.54, 1.807) is 6.07 Å². The number of piperidine rings is 1. The Balaban J connectivity index is 1.77. The van der Waals surface area contributed by atoms with Gasteiger partial charge in [0.2, 0.25) is 0 Å². The van der Waals surface area contributed by atoms with Crippen LogP contribution < -0.4 is 5.73 Å². The van der Waals surface area contributed by atoms with E-state index in [1.165, 1.54) is 19.3 Å². The molecule has 2 unspecified atom stereocenters. The lowest BCUT2D eigenvalue weighted by molar-refractivity contribution is 0.203. The molecule has 1 saturated carbocycles. The maximum atomic E-state index is 13.7. The summed E-state index contributed by atoms with van der Waals surface area (Å²) in [5.74, 6) is 0.624. The van der Waals surface area contributed by atoms with Gasteiger partial charge in [-0.2, -0.15) is 0 Å². The number of anilines is 1. The average Bonchev–Trinajstić information content (AvgIpc) is 2.86. The fourth-order valence-corrected chi connectivity index (χ4v) is 3.16. The Hall–Kier alpha value is -1.09. The summed E-state index contributed by atoms with van der Waals surface area (Å²) in [7, 11) is 0. The molecule has 2 N–H and O–H groups in total.